The first-order valence-corrected chi connectivity index (χ1v) is 8.11. The molecular weight excluding hydrogens is 236 g/mol. The molecule has 0 saturated heterocycles. The zero-order valence-electron chi connectivity index (χ0n) is 13.5. The van der Waals surface area contributed by atoms with Gasteiger partial charge in [-0.15, -0.1) is 0 Å². The molecule has 0 spiro atoms. The Hall–Kier alpha value is -0.0800. The van der Waals surface area contributed by atoms with E-state index in [0.29, 0.717) is 0 Å². The molecule has 0 radical (unpaired) electrons. The van der Waals surface area contributed by atoms with Crippen molar-refractivity contribution in [3.05, 3.63) is 0 Å². The van der Waals surface area contributed by atoms with Crippen molar-refractivity contribution < 1.29 is 10.2 Å². The van der Waals surface area contributed by atoms with Crippen LogP contribution in [0.25, 0.3) is 0 Å². The van der Waals surface area contributed by atoms with Crippen LogP contribution in [-0.2, 0) is 0 Å². The molecule has 0 bridgehead atoms. The largest absolute Gasteiger partial charge is 0.393 e. The summed E-state index contributed by atoms with van der Waals surface area (Å²) in [7, 11) is 0. The van der Waals surface area contributed by atoms with Gasteiger partial charge in [0.15, 0.2) is 0 Å². The van der Waals surface area contributed by atoms with Gasteiger partial charge in [0.1, 0.15) is 0 Å². The summed E-state index contributed by atoms with van der Waals surface area (Å²) in [5, 5.41) is 18.5. The third kappa shape index (κ3) is 5.83. The molecule has 2 N–H and O–H groups in total. The van der Waals surface area contributed by atoms with E-state index in [-0.39, 0.29) is 11.7 Å². The summed E-state index contributed by atoms with van der Waals surface area (Å²) in [6, 6.07) is 0. The highest BCUT2D eigenvalue weighted by atomic mass is 16.3. The SMILES string of the molecule is CC(C)C1CC(C)(O)C1.CC(C)C1CCC(O)CC1. The molecule has 2 fully saturated rings. The van der Waals surface area contributed by atoms with Crippen LogP contribution in [0.5, 0.6) is 0 Å². The third-order valence-electron chi connectivity index (χ3n) is 5.03. The second kappa shape index (κ2) is 7.08. The average molecular weight is 270 g/mol. The lowest BCUT2D eigenvalue weighted by molar-refractivity contribution is -0.0713. The van der Waals surface area contributed by atoms with Crippen LogP contribution in [0.2, 0.25) is 0 Å². The van der Waals surface area contributed by atoms with Crippen molar-refractivity contribution in [3.63, 3.8) is 0 Å². The lowest BCUT2D eigenvalue weighted by atomic mass is 9.67. The maximum atomic E-state index is 9.33. The molecule has 0 unspecified atom stereocenters. The predicted octanol–water partition coefficient (Wildman–Crippen LogP) is 4.00. The van der Waals surface area contributed by atoms with E-state index in [1.54, 1.807) is 0 Å². The number of aliphatic hydroxyl groups is 2. The molecular formula is C17H34O2. The van der Waals surface area contributed by atoms with Gasteiger partial charge in [0.2, 0.25) is 0 Å². The molecule has 0 aromatic rings. The van der Waals surface area contributed by atoms with Gasteiger partial charge in [-0.3, -0.25) is 0 Å². The molecule has 2 aliphatic rings. The molecule has 0 aromatic heterocycles. The normalized spacial score (nSPS) is 38.7. The van der Waals surface area contributed by atoms with Crippen molar-refractivity contribution in [1.82, 2.24) is 0 Å². The van der Waals surface area contributed by atoms with E-state index in [4.69, 9.17) is 0 Å². The molecule has 0 heterocycles. The zero-order chi connectivity index (χ0) is 14.6. The molecule has 2 saturated carbocycles. The van der Waals surface area contributed by atoms with Gasteiger partial charge < -0.3 is 10.2 Å². The Morgan fingerprint density at radius 3 is 1.53 bits per heavy atom. The van der Waals surface area contributed by atoms with Crippen molar-refractivity contribution >= 4 is 0 Å². The standard InChI is InChI=1S/C9H18O.C8H16O/c1-7(2)8-3-5-9(10)6-4-8;1-6(2)7-4-8(3,9)5-7/h7-10H,3-6H2,1-2H3;6-7,9H,4-5H2,1-3H3. The molecule has 2 aliphatic carbocycles. The fourth-order valence-corrected chi connectivity index (χ4v) is 3.31. The van der Waals surface area contributed by atoms with Gasteiger partial charge in [-0.05, 0) is 69.1 Å². The fraction of sp³-hybridized carbons (Fsp3) is 1.00. The maximum Gasteiger partial charge on any atom is 0.0625 e. The van der Waals surface area contributed by atoms with E-state index < -0.39 is 0 Å². The summed E-state index contributed by atoms with van der Waals surface area (Å²) < 4.78 is 0. The quantitative estimate of drug-likeness (QED) is 0.796. The second-order valence-corrected chi connectivity index (χ2v) is 7.72. The predicted molar refractivity (Wildman–Crippen MR) is 81.0 cm³/mol. The molecule has 0 aromatic carbocycles. The van der Waals surface area contributed by atoms with E-state index in [1.165, 1.54) is 12.8 Å². The van der Waals surface area contributed by atoms with Crippen molar-refractivity contribution in [1.29, 1.82) is 0 Å². The minimum Gasteiger partial charge on any atom is -0.393 e. The van der Waals surface area contributed by atoms with E-state index >= 15 is 0 Å². The third-order valence-corrected chi connectivity index (χ3v) is 5.03. The summed E-state index contributed by atoms with van der Waals surface area (Å²) in [5.41, 5.74) is -0.324. The summed E-state index contributed by atoms with van der Waals surface area (Å²) >= 11 is 0. The van der Waals surface area contributed by atoms with E-state index in [2.05, 4.69) is 27.7 Å². The van der Waals surface area contributed by atoms with Crippen LogP contribution in [0.3, 0.4) is 0 Å². The van der Waals surface area contributed by atoms with Crippen LogP contribution in [0.15, 0.2) is 0 Å². The maximum absolute atomic E-state index is 9.33. The van der Waals surface area contributed by atoms with Crippen molar-refractivity contribution in [2.75, 3.05) is 0 Å². The number of hydrogen-bond donors (Lipinski definition) is 2. The van der Waals surface area contributed by atoms with Gasteiger partial charge in [0, 0.05) is 0 Å². The highest BCUT2D eigenvalue weighted by molar-refractivity contribution is 4.91. The fourth-order valence-electron chi connectivity index (χ4n) is 3.31. The van der Waals surface area contributed by atoms with Crippen molar-refractivity contribution in [3.8, 4) is 0 Å². The van der Waals surface area contributed by atoms with Gasteiger partial charge >= 0.3 is 0 Å². The van der Waals surface area contributed by atoms with Crippen LogP contribution >= 0.6 is 0 Å². The Morgan fingerprint density at radius 1 is 0.842 bits per heavy atom. The van der Waals surface area contributed by atoms with Gasteiger partial charge in [0.25, 0.3) is 0 Å². The average Bonchev–Trinajstić information content (AvgIpc) is 2.27. The van der Waals surface area contributed by atoms with E-state index in [9.17, 15) is 10.2 Å². The smallest absolute Gasteiger partial charge is 0.0625 e. The number of aliphatic hydroxyl groups excluding tert-OH is 1. The first-order valence-electron chi connectivity index (χ1n) is 8.11. The molecule has 2 nitrogen and oxygen atoms in total. The molecule has 0 amide bonds. The first-order chi connectivity index (χ1) is 8.71. The second-order valence-electron chi connectivity index (χ2n) is 7.72. The van der Waals surface area contributed by atoms with Crippen LogP contribution in [0.4, 0.5) is 0 Å². The molecule has 2 heteroatoms. The zero-order valence-corrected chi connectivity index (χ0v) is 13.5. The monoisotopic (exact) mass is 270 g/mol. The molecule has 2 rings (SSSR count). The highest BCUT2D eigenvalue weighted by Gasteiger charge is 2.39. The van der Waals surface area contributed by atoms with Gasteiger partial charge in [0.05, 0.1) is 11.7 Å². The first kappa shape index (κ1) is 17.0. The topological polar surface area (TPSA) is 40.5 Å². The molecule has 114 valence electrons. The molecule has 0 atom stereocenters. The van der Waals surface area contributed by atoms with Crippen molar-refractivity contribution in [2.45, 2.75) is 84.8 Å². The number of rotatable bonds is 2. The Kier molecular flexibility index (Phi) is 6.32. The lowest BCUT2D eigenvalue weighted by Crippen LogP contribution is -2.42. The van der Waals surface area contributed by atoms with Crippen LogP contribution in [0.1, 0.15) is 73.1 Å². The minimum atomic E-state index is -0.324. The lowest BCUT2D eigenvalue weighted by Gasteiger charge is -2.43. The Labute approximate surface area is 119 Å². The van der Waals surface area contributed by atoms with Crippen LogP contribution < -0.4 is 0 Å². The summed E-state index contributed by atoms with van der Waals surface area (Å²) in [6.45, 7) is 10.9. The van der Waals surface area contributed by atoms with E-state index in [1.807, 2.05) is 6.92 Å². The van der Waals surface area contributed by atoms with Gasteiger partial charge in [-0.25, -0.2) is 0 Å². The minimum absolute atomic E-state index is 0.00926. The van der Waals surface area contributed by atoms with Crippen molar-refractivity contribution in [2.24, 2.45) is 23.7 Å². The Morgan fingerprint density at radius 2 is 1.26 bits per heavy atom. The molecule has 19 heavy (non-hydrogen) atoms. The van der Waals surface area contributed by atoms with Crippen LogP contribution in [-0.4, -0.2) is 21.9 Å². The van der Waals surface area contributed by atoms with E-state index in [0.717, 1.165) is 49.4 Å². The Balaban J connectivity index is 0.000000191. The van der Waals surface area contributed by atoms with Crippen LogP contribution in [0, 0.1) is 23.7 Å². The summed E-state index contributed by atoms with van der Waals surface area (Å²) in [4.78, 5) is 0. The van der Waals surface area contributed by atoms with Gasteiger partial charge in [-0.1, -0.05) is 27.7 Å². The summed E-state index contributed by atoms with van der Waals surface area (Å²) in [5.74, 6) is 3.22. The number of hydrogen-bond acceptors (Lipinski definition) is 2. The Bertz CT molecular complexity index is 242. The highest BCUT2D eigenvalue weighted by Crippen LogP contribution is 2.41. The molecule has 0 aliphatic heterocycles. The summed E-state index contributed by atoms with van der Waals surface area (Å²) in [6.07, 6.45) is 6.55. The van der Waals surface area contributed by atoms with Gasteiger partial charge in [-0.2, -0.15) is 0 Å².